The predicted molar refractivity (Wildman–Crippen MR) is 109 cm³/mol. The fraction of sp³-hybridized carbons (Fsp3) is 0.0909. The van der Waals surface area contributed by atoms with E-state index in [1.54, 1.807) is 0 Å². The van der Waals surface area contributed by atoms with Crippen molar-refractivity contribution in [2.75, 3.05) is 10.6 Å². The number of anilines is 2. The van der Waals surface area contributed by atoms with Crippen molar-refractivity contribution in [2.24, 2.45) is 0 Å². The Labute approximate surface area is 183 Å². The highest BCUT2D eigenvalue weighted by Crippen LogP contribution is 2.36. The van der Waals surface area contributed by atoms with E-state index in [9.17, 15) is 31.5 Å². The third-order valence-corrected chi connectivity index (χ3v) is 4.12. The number of rotatable bonds is 7. The van der Waals surface area contributed by atoms with E-state index in [2.05, 4.69) is 15.4 Å². The summed E-state index contributed by atoms with van der Waals surface area (Å²) in [7, 11) is 0. The van der Waals surface area contributed by atoms with Crippen molar-refractivity contribution in [3.05, 3.63) is 83.8 Å². The molecule has 2 amide bonds. The van der Waals surface area contributed by atoms with Gasteiger partial charge in [-0.05, 0) is 54.1 Å². The Balaban J connectivity index is 1.71. The van der Waals surface area contributed by atoms with Crippen molar-refractivity contribution >= 4 is 29.3 Å². The van der Waals surface area contributed by atoms with Gasteiger partial charge in [0.2, 0.25) is 5.91 Å². The molecule has 0 spiro atoms. The second-order valence-electron chi connectivity index (χ2n) is 6.46. The third-order valence-electron chi connectivity index (χ3n) is 4.12. The molecule has 0 atom stereocenters. The molecule has 2 aromatic carbocycles. The minimum absolute atomic E-state index is 0.0827. The number of hydrogen-bond donors (Lipinski definition) is 2. The average molecular weight is 466 g/mol. The molecule has 172 valence electrons. The number of halogens is 5. The SMILES string of the molecule is O=C(/C=C/c1ccc(OC(F)F)cc1)Nc1ccc(NC(=O)c2ccco2)cc1C(F)(F)F. The molecule has 0 saturated carbocycles. The molecule has 11 heteroatoms. The van der Waals surface area contributed by atoms with Crippen molar-refractivity contribution in [1.29, 1.82) is 0 Å². The summed E-state index contributed by atoms with van der Waals surface area (Å²) >= 11 is 0. The second kappa shape index (κ2) is 9.98. The first-order chi connectivity index (χ1) is 15.6. The summed E-state index contributed by atoms with van der Waals surface area (Å²) in [5.74, 6) is -1.76. The molecule has 0 aliphatic rings. The monoisotopic (exact) mass is 466 g/mol. The molecule has 2 N–H and O–H groups in total. The van der Waals surface area contributed by atoms with Crippen molar-refractivity contribution in [2.45, 2.75) is 12.8 Å². The van der Waals surface area contributed by atoms with Gasteiger partial charge in [-0.1, -0.05) is 12.1 Å². The van der Waals surface area contributed by atoms with E-state index < -0.39 is 35.9 Å². The lowest BCUT2D eigenvalue weighted by Gasteiger charge is -2.15. The molecule has 33 heavy (non-hydrogen) atoms. The molecule has 0 fully saturated rings. The second-order valence-corrected chi connectivity index (χ2v) is 6.46. The standard InChI is InChI=1S/C22H15F5N2O4/c23-21(24)33-15-7-3-13(4-8-15)5-10-19(30)29-17-9-6-14(12-16(17)22(25,26)27)28-20(31)18-2-1-11-32-18/h1-12,21H,(H,28,31)(H,29,30)/b10-5+. The van der Waals surface area contributed by atoms with Gasteiger partial charge in [-0.3, -0.25) is 9.59 Å². The van der Waals surface area contributed by atoms with Crippen LogP contribution in [0.2, 0.25) is 0 Å². The minimum Gasteiger partial charge on any atom is -0.459 e. The highest BCUT2D eigenvalue weighted by Gasteiger charge is 2.34. The van der Waals surface area contributed by atoms with Crippen LogP contribution < -0.4 is 15.4 Å². The normalized spacial score (nSPS) is 11.6. The minimum atomic E-state index is -4.82. The van der Waals surface area contributed by atoms with Gasteiger partial charge in [-0.2, -0.15) is 22.0 Å². The van der Waals surface area contributed by atoms with E-state index in [1.807, 2.05) is 0 Å². The van der Waals surface area contributed by atoms with Crippen LogP contribution >= 0.6 is 0 Å². The molecule has 1 aromatic heterocycles. The number of benzene rings is 2. The van der Waals surface area contributed by atoms with Crippen LogP contribution in [-0.2, 0) is 11.0 Å². The maximum Gasteiger partial charge on any atom is 0.418 e. The molecule has 0 aliphatic heterocycles. The van der Waals surface area contributed by atoms with Crippen LogP contribution in [0.5, 0.6) is 5.75 Å². The number of hydrogen-bond acceptors (Lipinski definition) is 4. The summed E-state index contributed by atoms with van der Waals surface area (Å²) in [6.45, 7) is -2.98. The third kappa shape index (κ3) is 6.66. The number of nitrogens with one attached hydrogen (secondary N) is 2. The molecular formula is C22H15F5N2O4. The topological polar surface area (TPSA) is 80.6 Å². The van der Waals surface area contributed by atoms with E-state index >= 15 is 0 Å². The summed E-state index contributed by atoms with van der Waals surface area (Å²) < 4.78 is 73.9. The van der Waals surface area contributed by atoms with Gasteiger partial charge in [0.15, 0.2) is 5.76 Å². The molecule has 0 saturated heterocycles. The molecule has 3 rings (SSSR count). The van der Waals surface area contributed by atoms with Gasteiger partial charge in [-0.15, -0.1) is 0 Å². The molecular weight excluding hydrogens is 451 g/mol. The van der Waals surface area contributed by atoms with Gasteiger partial charge in [-0.25, -0.2) is 0 Å². The molecule has 0 bridgehead atoms. The number of amides is 2. The van der Waals surface area contributed by atoms with Gasteiger partial charge < -0.3 is 19.8 Å². The van der Waals surface area contributed by atoms with Crippen LogP contribution in [0.25, 0.3) is 6.08 Å². The maximum absolute atomic E-state index is 13.5. The molecule has 0 unspecified atom stereocenters. The van der Waals surface area contributed by atoms with Gasteiger partial charge in [0, 0.05) is 11.8 Å². The Hall–Kier alpha value is -4.15. The Morgan fingerprint density at radius 3 is 2.33 bits per heavy atom. The molecule has 6 nitrogen and oxygen atoms in total. The predicted octanol–water partition coefficient (Wildman–Crippen LogP) is 5.80. The summed E-state index contributed by atoms with van der Waals surface area (Å²) in [5, 5.41) is 4.42. The van der Waals surface area contributed by atoms with Crippen molar-refractivity contribution in [1.82, 2.24) is 0 Å². The van der Waals surface area contributed by atoms with E-state index in [1.165, 1.54) is 54.8 Å². The van der Waals surface area contributed by atoms with Crippen LogP contribution in [0.3, 0.4) is 0 Å². The summed E-state index contributed by atoms with van der Waals surface area (Å²) in [6.07, 6.45) is -1.31. The lowest BCUT2D eigenvalue weighted by molar-refractivity contribution is -0.136. The summed E-state index contributed by atoms with van der Waals surface area (Å²) in [6, 6.07) is 11.0. The number of ether oxygens (including phenoxy) is 1. The average Bonchev–Trinajstić information content (AvgIpc) is 3.28. The first kappa shape index (κ1) is 23.5. The van der Waals surface area contributed by atoms with Crippen LogP contribution in [0.4, 0.5) is 33.3 Å². The van der Waals surface area contributed by atoms with Gasteiger partial charge in [0.1, 0.15) is 5.75 Å². The number of alkyl halides is 5. The lowest BCUT2D eigenvalue weighted by atomic mass is 10.1. The fourth-order valence-corrected chi connectivity index (χ4v) is 2.67. The van der Waals surface area contributed by atoms with Gasteiger partial charge >= 0.3 is 12.8 Å². The molecule has 0 aliphatic carbocycles. The largest absolute Gasteiger partial charge is 0.459 e. The zero-order chi connectivity index (χ0) is 24.0. The van der Waals surface area contributed by atoms with Crippen molar-refractivity contribution < 1.29 is 40.7 Å². The van der Waals surface area contributed by atoms with E-state index in [0.29, 0.717) is 11.6 Å². The number of carbonyl (C=O) groups excluding carboxylic acids is 2. The smallest absolute Gasteiger partial charge is 0.418 e. The number of furan rings is 1. The summed E-state index contributed by atoms with van der Waals surface area (Å²) in [4.78, 5) is 24.1. The van der Waals surface area contributed by atoms with Gasteiger partial charge in [0.25, 0.3) is 5.91 Å². The molecule has 3 aromatic rings. The zero-order valence-electron chi connectivity index (χ0n) is 16.5. The fourth-order valence-electron chi connectivity index (χ4n) is 2.67. The highest BCUT2D eigenvalue weighted by molar-refractivity contribution is 6.04. The van der Waals surface area contributed by atoms with E-state index in [0.717, 1.165) is 12.1 Å². The number of carbonyl (C=O) groups is 2. The highest BCUT2D eigenvalue weighted by atomic mass is 19.4. The van der Waals surface area contributed by atoms with Crippen molar-refractivity contribution in [3.63, 3.8) is 0 Å². The Bertz CT molecular complexity index is 1140. The molecule has 1 heterocycles. The van der Waals surface area contributed by atoms with E-state index in [-0.39, 0.29) is 17.2 Å². The zero-order valence-corrected chi connectivity index (χ0v) is 16.5. The van der Waals surface area contributed by atoms with Gasteiger partial charge in [0.05, 0.1) is 17.5 Å². The summed E-state index contributed by atoms with van der Waals surface area (Å²) in [5.41, 5.74) is -1.41. The van der Waals surface area contributed by atoms with Crippen LogP contribution in [0, 0.1) is 0 Å². The Morgan fingerprint density at radius 2 is 1.73 bits per heavy atom. The quantitative estimate of drug-likeness (QED) is 0.341. The first-order valence-corrected chi connectivity index (χ1v) is 9.22. The van der Waals surface area contributed by atoms with Crippen molar-refractivity contribution in [3.8, 4) is 5.75 Å². The van der Waals surface area contributed by atoms with Crippen LogP contribution in [-0.4, -0.2) is 18.4 Å². The Kier molecular flexibility index (Phi) is 7.11. The van der Waals surface area contributed by atoms with Crippen LogP contribution in [0.1, 0.15) is 21.7 Å². The molecule has 0 radical (unpaired) electrons. The first-order valence-electron chi connectivity index (χ1n) is 9.22. The van der Waals surface area contributed by atoms with E-state index in [4.69, 9.17) is 4.42 Å². The Morgan fingerprint density at radius 1 is 1.00 bits per heavy atom. The van der Waals surface area contributed by atoms with Crippen LogP contribution in [0.15, 0.2) is 71.4 Å². The lowest BCUT2D eigenvalue weighted by Crippen LogP contribution is -2.16. The maximum atomic E-state index is 13.5.